The van der Waals surface area contributed by atoms with Crippen LogP contribution in [-0.4, -0.2) is 54.3 Å². The zero-order valence-corrected chi connectivity index (χ0v) is 11.9. The molecule has 2 heterocycles. The molecule has 1 aromatic carbocycles. The van der Waals surface area contributed by atoms with Gasteiger partial charge in [0.15, 0.2) is 0 Å². The number of nitrogens with one attached hydrogen (secondary N) is 1. The Balaban J connectivity index is 1.52. The number of nitrogens with two attached hydrogens (primary N) is 1. The molecule has 6 nitrogen and oxygen atoms in total. The molecule has 0 spiro atoms. The van der Waals surface area contributed by atoms with Crippen molar-refractivity contribution in [1.82, 2.24) is 10.2 Å². The summed E-state index contributed by atoms with van der Waals surface area (Å²) < 4.78 is 5.80. The minimum atomic E-state index is -0.225. The number of nitrogen functional groups attached to an aromatic ring is 1. The number of benzene rings is 1. The molecule has 21 heavy (non-hydrogen) atoms. The Labute approximate surface area is 123 Å². The molecule has 4 N–H and O–H groups in total. The van der Waals surface area contributed by atoms with E-state index in [1.165, 1.54) is 25.0 Å². The highest BCUT2D eigenvalue weighted by atomic mass is 16.5. The summed E-state index contributed by atoms with van der Waals surface area (Å²) in [5.41, 5.74) is 6.19. The first kappa shape index (κ1) is 14.2. The number of nitrogens with zero attached hydrogens (tertiary/aromatic N) is 1. The van der Waals surface area contributed by atoms with Gasteiger partial charge >= 0.3 is 0 Å². The van der Waals surface area contributed by atoms with Gasteiger partial charge in [-0.05, 0) is 37.6 Å². The molecule has 6 heteroatoms. The van der Waals surface area contributed by atoms with Crippen LogP contribution in [0.25, 0.3) is 0 Å². The minimum absolute atomic E-state index is 0.0330. The number of carbonyl (C=O) groups excluding carboxylic acids is 1. The van der Waals surface area contributed by atoms with Crippen molar-refractivity contribution in [3.8, 4) is 5.75 Å². The molecule has 2 atom stereocenters. The summed E-state index contributed by atoms with van der Waals surface area (Å²) >= 11 is 0. The summed E-state index contributed by atoms with van der Waals surface area (Å²) in [6.45, 7) is 3.23. The van der Waals surface area contributed by atoms with E-state index in [-0.39, 0.29) is 23.4 Å². The Morgan fingerprint density at radius 2 is 2.38 bits per heavy atom. The standard InChI is InChI=1S/C15H21N3O3/c16-13-4-3-10(6-14(13)19)15(20)17-7-12-8-18-5-1-2-11(18)9-21-12/h3-4,6,11-12,19H,1-2,5,7-9,16H2,(H,17,20). The molecule has 0 aliphatic carbocycles. The Hall–Kier alpha value is -1.79. The number of rotatable bonds is 3. The van der Waals surface area contributed by atoms with E-state index in [4.69, 9.17) is 10.5 Å². The molecular weight excluding hydrogens is 270 g/mol. The van der Waals surface area contributed by atoms with Gasteiger partial charge in [0, 0.05) is 24.7 Å². The number of morpholine rings is 1. The second kappa shape index (κ2) is 5.91. The van der Waals surface area contributed by atoms with Gasteiger partial charge in [0.25, 0.3) is 5.91 Å². The van der Waals surface area contributed by atoms with E-state index in [1.807, 2.05) is 0 Å². The maximum absolute atomic E-state index is 12.0. The summed E-state index contributed by atoms with van der Waals surface area (Å²) in [5, 5.41) is 12.4. The van der Waals surface area contributed by atoms with E-state index >= 15 is 0 Å². The molecule has 0 aromatic heterocycles. The van der Waals surface area contributed by atoms with Crippen LogP contribution in [0.15, 0.2) is 18.2 Å². The third-order valence-electron chi connectivity index (χ3n) is 4.24. The number of amides is 1. The molecule has 2 saturated heterocycles. The zero-order valence-electron chi connectivity index (χ0n) is 11.9. The van der Waals surface area contributed by atoms with Crippen LogP contribution in [0.4, 0.5) is 5.69 Å². The van der Waals surface area contributed by atoms with Crippen LogP contribution in [0, 0.1) is 0 Å². The maximum atomic E-state index is 12.0. The smallest absolute Gasteiger partial charge is 0.251 e. The van der Waals surface area contributed by atoms with Crippen molar-refractivity contribution in [2.45, 2.75) is 25.0 Å². The lowest BCUT2D eigenvalue weighted by molar-refractivity contribution is -0.0461. The van der Waals surface area contributed by atoms with Crippen molar-refractivity contribution < 1.29 is 14.6 Å². The molecular formula is C15H21N3O3. The van der Waals surface area contributed by atoms with E-state index in [0.29, 0.717) is 18.2 Å². The van der Waals surface area contributed by atoms with Crippen molar-refractivity contribution in [2.24, 2.45) is 0 Å². The molecule has 2 fully saturated rings. The van der Waals surface area contributed by atoms with Crippen molar-refractivity contribution in [2.75, 3.05) is 32.0 Å². The van der Waals surface area contributed by atoms with Crippen LogP contribution in [0.5, 0.6) is 5.75 Å². The number of ether oxygens (including phenoxy) is 1. The average molecular weight is 291 g/mol. The third kappa shape index (κ3) is 3.11. The minimum Gasteiger partial charge on any atom is -0.506 e. The van der Waals surface area contributed by atoms with Gasteiger partial charge in [0.2, 0.25) is 0 Å². The molecule has 2 unspecified atom stereocenters. The van der Waals surface area contributed by atoms with Gasteiger partial charge in [-0.3, -0.25) is 9.69 Å². The fourth-order valence-electron chi connectivity index (χ4n) is 3.00. The predicted octanol–water partition coefficient (Wildman–Crippen LogP) is 0.567. The lowest BCUT2D eigenvalue weighted by atomic mass is 10.1. The second-order valence-corrected chi connectivity index (χ2v) is 5.73. The molecule has 2 aliphatic rings. The fourth-order valence-corrected chi connectivity index (χ4v) is 3.00. The maximum Gasteiger partial charge on any atom is 0.251 e. The monoisotopic (exact) mass is 291 g/mol. The molecule has 2 aliphatic heterocycles. The van der Waals surface area contributed by atoms with Gasteiger partial charge in [-0.15, -0.1) is 0 Å². The van der Waals surface area contributed by atoms with E-state index in [0.717, 1.165) is 19.7 Å². The fraction of sp³-hybridized carbons (Fsp3) is 0.533. The van der Waals surface area contributed by atoms with E-state index in [9.17, 15) is 9.90 Å². The summed E-state index contributed by atoms with van der Waals surface area (Å²) in [6.07, 6.45) is 2.48. The van der Waals surface area contributed by atoms with Crippen molar-refractivity contribution in [3.63, 3.8) is 0 Å². The first-order valence-electron chi connectivity index (χ1n) is 7.36. The Bertz CT molecular complexity index is 535. The van der Waals surface area contributed by atoms with Crippen LogP contribution in [0.1, 0.15) is 23.2 Å². The third-order valence-corrected chi connectivity index (χ3v) is 4.24. The topological polar surface area (TPSA) is 87.8 Å². The molecule has 0 bridgehead atoms. The first-order chi connectivity index (χ1) is 10.1. The van der Waals surface area contributed by atoms with E-state index in [1.54, 1.807) is 6.07 Å². The highest BCUT2D eigenvalue weighted by Crippen LogP contribution is 2.23. The quantitative estimate of drug-likeness (QED) is 0.560. The van der Waals surface area contributed by atoms with Crippen LogP contribution in [-0.2, 0) is 4.74 Å². The van der Waals surface area contributed by atoms with Crippen molar-refractivity contribution in [1.29, 1.82) is 0 Å². The molecule has 0 saturated carbocycles. The van der Waals surface area contributed by atoms with Crippen LogP contribution >= 0.6 is 0 Å². The highest BCUT2D eigenvalue weighted by molar-refractivity contribution is 5.95. The van der Waals surface area contributed by atoms with Gasteiger partial charge in [-0.2, -0.15) is 0 Å². The average Bonchev–Trinajstić information content (AvgIpc) is 2.95. The summed E-state index contributed by atoms with van der Waals surface area (Å²) in [4.78, 5) is 14.5. The van der Waals surface area contributed by atoms with Crippen molar-refractivity contribution >= 4 is 11.6 Å². The number of hydrogen-bond acceptors (Lipinski definition) is 5. The lowest BCUT2D eigenvalue weighted by Crippen LogP contribution is -2.50. The Kier molecular flexibility index (Phi) is 3.98. The van der Waals surface area contributed by atoms with Gasteiger partial charge < -0.3 is 20.9 Å². The van der Waals surface area contributed by atoms with Crippen LogP contribution < -0.4 is 11.1 Å². The number of carbonyl (C=O) groups is 1. The Morgan fingerprint density at radius 3 is 3.19 bits per heavy atom. The number of hydrogen-bond donors (Lipinski definition) is 3. The summed E-state index contributed by atoms with van der Waals surface area (Å²) in [7, 11) is 0. The van der Waals surface area contributed by atoms with E-state index < -0.39 is 0 Å². The number of phenols is 1. The molecule has 1 amide bonds. The number of anilines is 1. The Morgan fingerprint density at radius 1 is 1.52 bits per heavy atom. The molecule has 3 rings (SSSR count). The summed E-state index contributed by atoms with van der Waals surface area (Å²) in [5.74, 6) is -0.297. The van der Waals surface area contributed by atoms with Crippen LogP contribution in [0.2, 0.25) is 0 Å². The van der Waals surface area contributed by atoms with Gasteiger partial charge in [-0.25, -0.2) is 0 Å². The highest BCUT2D eigenvalue weighted by Gasteiger charge is 2.32. The van der Waals surface area contributed by atoms with Crippen LogP contribution in [0.3, 0.4) is 0 Å². The lowest BCUT2D eigenvalue weighted by Gasteiger charge is -2.35. The number of aromatic hydroxyl groups is 1. The molecule has 1 aromatic rings. The molecule has 0 radical (unpaired) electrons. The zero-order chi connectivity index (χ0) is 14.8. The van der Waals surface area contributed by atoms with Crippen molar-refractivity contribution in [3.05, 3.63) is 23.8 Å². The van der Waals surface area contributed by atoms with E-state index in [2.05, 4.69) is 10.2 Å². The number of fused-ring (bicyclic) bond motifs is 1. The van der Waals surface area contributed by atoms with Gasteiger partial charge in [0.1, 0.15) is 5.75 Å². The predicted molar refractivity (Wildman–Crippen MR) is 79.2 cm³/mol. The normalized spacial score (nSPS) is 25.5. The summed E-state index contributed by atoms with van der Waals surface area (Å²) in [6, 6.07) is 5.06. The second-order valence-electron chi connectivity index (χ2n) is 5.73. The SMILES string of the molecule is Nc1ccc(C(=O)NCC2CN3CCCC3CO2)cc1O. The number of phenolic OH excluding ortho intramolecular Hbond substituents is 1. The van der Waals surface area contributed by atoms with Gasteiger partial charge in [0.05, 0.1) is 18.4 Å². The largest absolute Gasteiger partial charge is 0.506 e. The molecule has 114 valence electrons. The van der Waals surface area contributed by atoms with Gasteiger partial charge in [-0.1, -0.05) is 0 Å². The first-order valence-corrected chi connectivity index (χ1v) is 7.36.